The quantitative estimate of drug-likeness (QED) is 0.458. The van der Waals surface area contributed by atoms with Crippen LogP contribution in [0, 0.1) is 0 Å². The second kappa shape index (κ2) is 7.41. The third-order valence-corrected chi connectivity index (χ3v) is 3.05. The smallest absolute Gasteiger partial charge is 0.409 e. The Morgan fingerprint density at radius 2 is 2.19 bits per heavy atom. The molecule has 0 saturated carbocycles. The number of rotatable bonds is 5. The molecule has 21 heavy (non-hydrogen) atoms. The van der Waals surface area contributed by atoms with Crippen LogP contribution in [0.1, 0.15) is 12.5 Å². The fraction of sp³-hybridized carbons (Fsp3) is 0.286. The van der Waals surface area contributed by atoms with E-state index in [1.807, 2.05) is 13.0 Å². The van der Waals surface area contributed by atoms with Gasteiger partial charge in [-0.2, -0.15) is 0 Å². The van der Waals surface area contributed by atoms with E-state index in [1.165, 1.54) is 6.07 Å². The molecule has 0 aliphatic heterocycles. The van der Waals surface area contributed by atoms with Crippen LogP contribution in [0.15, 0.2) is 35.1 Å². The van der Waals surface area contributed by atoms with Gasteiger partial charge < -0.3 is 14.5 Å². The number of hydrogen-bond donors (Lipinski definition) is 2. The lowest BCUT2D eigenvalue weighted by atomic mass is 10.1. The minimum Gasteiger partial charge on any atom is -0.445 e. The summed E-state index contributed by atoms with van der Waals surface area (Å²) < 4.78 is 10.3. The molecule has 6 nitrogen and oxygen atoms in total. The number of halogens is 1. The zero-order valence-corrected chi connectivity index (χ0v) is 13.5. The highest BCUT2D eigenvalue weighted by molar-refractivity contribution is 14.1. The molecule has 0 fully saturated rings. The number of carbonyl (C=O) groups excluding carboxylic acids is 1. The van der Waals surface area contributed by atoms with Crippen molar-refractivity contribution in [1.29, 1.82) is 0 Å². The predicted octanol–water partition coefficient (Wildman–Crippen LogP) is 2.51. The molecule has 2 N–H and O–H groups in total. The average Bonchev–Trinajstić information content (AvgIpc) is 2.44. The number of carbonyl (C=O) groups is 1. The molecule has 1 heterocycles. The van der Waals surface area contributed by atoms with Crippen molar-refractivity contribution in [1.82, 2.24) is 10.3 Å². The van der Waals surface area contributed by atoms with Gasteiger partial charge in [-0.05, 0) is 36.1 Å². The summed E-state index contributed by atoms with van der Waals surface area (Å²) in [6, 6.07) is 8.64. The maximum absolute atomic E-state index is 11.4. The number of fused-ring (bicyclic) bond motifs is 1. The average molecular weight is 402 g/mol. The molecule has 7 heteroatoms. The number of nitrogens with one attached hydrogen (secondary N) is 2. The van der Waals surface area contributed by atoms with Gasteiger partial charge in [-0.15, -0.1) is 0 Å². The fourth-order valence-corrected chi connectivity index (χ4v) is 1.89. The van der Waals surface area contributed by atoms with Gasteiger partial charge in [-0.25, -0.2) is 4.79 Å². The molecular weight excluding hydrogens is 387 g/mol. The van der Waals surface area contributed by atoms with Gasteiger partial charge in [0.05, 0.1) is 0 Å². The standard InChI is InChI=1S/C14H15IN2O4/c1-9(15)21-8-16-14(19)20-7-10-2-4-12-11(6-10)3-5-13(18)17-12/h2-6,9H,7-8H2,1H3,(H,16,19)(H,17,18). The van der Waals surface area contributed by atoms with E-state index in [-0.39, 0.29) is 23.0 Å². The molecule has 0 bridgehead atoms. The van der Waals surface area contributed by atoms with Crippen LogP contribution < -0.4 is 10.9 Å². The Balaban J connectivity index is 1.90. The minimum atomic E-state index is -0.534. The third-order valence-electron chi connectivity index (χ3n) is 2.69. The van der Waals surface area contributed by atoms with Crippen LogP contribution in [0.2, 0.25) is 0 Å². The van der Waals surface area contributed by atoms with E-state index >= 15 is 0 Å². The van der Waals surface area contributed by atoms with Crippen molar-refractivity contribution >= 4 is 39.6 Å². The molecule has 0 aliphatic rings. The normalized spacial score (nSPS) is 12.1. The summed E-state index contributed by atoms with van der Waals surface area (Å²) in [5.41, 5.74) is 1.45. The molecule has 0 radical (unpaired) electrons. The van der Waals surface area contributed by atoms with E-state index in [0.29, 0.717) is 0 Å². The van der Waals surface area contributed by atoms with E-state index < -0.39 is 6.09 Å². The van der Waals surface area contributed by atoms with Gasteiger partial charge in [0.2, 0.25) is 5.56 Å². The van der Waals surface area contributed by atoms with E-state index in [1.54, 1.807) is 18.2 Å². The van der Waals surface area contributed by atoms with Gasteiger partial charge in [0, 0.05) is 11.6 Å². The predicted molar refractivity (Wildman–Crippen MR) is 87.3 cm³/mol. The summed E-state index contributed by atoms with van der Waals surface area (Å²) in [7, 11) is 0. The van der Waals surface area contributed by atoms with E-state index in [4.69, 9.17) is 9.47 Å². The number of hydrogen-bond acceptors (Lipinski definition) is 4. The number of H-pyrrole nitrogens is 1. The van der Waals surface area contributed by atoms with Crippen molar-refractivity contribution < 1.29 is 14.3 Å². The van der Waals surface area contributed by atoms with Crippen LogP contribution in [-0.4, -0.2) is 21.9 Å². The molecule has 1 aromatic carbocycles. The lowest BCUT2D eigenvalue weighted by molar-refractivity contribution is 0.0925. The molecule has 0 aliphatic carbocycles. The van der Waals surface area contributed by atoms with Crippen LogP contribution in [0.25, 0.3) is 10.9 Å². The Morgan fingerprint density at radius 1 is 1.38 bits per heavy atom. The molecule has 1 atom stereocenters. The molecular formula is C14H15IN2O4. The molecule has 112 valence electrons. The molecule has 1 unspecified atom stereocenters. The van der Waals surface area contributed by atoms with Crippen LogP contribution >= 0.6 is 22.6 Å². The van der Waals surface area contributed by atoms with E-state index in [0.717, 1.165) is 16.5 Å². The Bertz CT molecular complexity index is 684. The number of aromatic amines is 1. The topological polar surface area (TPSA) is 80.4 Å². The van der Waals surface area contributed by atoms with Crippen molar-refractivity contribution in [3.8, 4) is 0 Å². The van der Waals surface area contributed by atoms with Gasteiger partial charge in [-0.3, -0.25) is 10.1 Å². The number of amides is 1. The number of alkyl carbamates (subject to hydrolysis) is 1. The van der Waals surface area contributed by atoms with E-state index in [9.17, 15) is 9.59 Å². The van der Waals surface area contributed by atoms with Gasteiger partial charge in [-0.1, -0.05) is 28.7 Å². The lowest BCUT2D eigenvalue weighted by Crippen LogP contribution is -2.27. The Kier molecular flexibility index (Phi) is 5.57. The van der Waals surface area contributed by atoms with Gasteiger partial charge in [0.15, 0.2) is 0 Å². The summed E-state index contributed by atoms with van der Waals surface area (Å²) in [6.07, 6.45) is -0.534. The molecule has 0 saturated heterocycles. The lowest BCUT2D eigenvalue weighted by Gasteiger charge is -2.09. The first-order valence-corrected chi connectivity index (χ1v) is 7.57. The maximum atomic E-state index is 11.4. The second-order valence-electron chi connectivity index (χ2n) is 4.35. The SMILES string of the molecule is CC(I)OCNC(=O)OCc1ccc2[nH]c(=O)ccc2c1. The molecule has 2 aromatic rings. The largest absolute Gasteiger partial charge is 0.445 e. The van der Waals surface area contributed by atoms with Gasteiger partial charge >= 0.3 is 6.09 Å². The summed E-state index contributed by atoms with van der Waals surface area (Å²) in [4.78, 5) is 25.4. The van der Waals surface area contributed by atoms with Crippen molar-refractivity contribution in [2.45, 2.75) is 17.6 Å². The monoisotopic (exact) mass is 402 g/mol. The van der Waals surface area contributed by atoms with Crippen molar-refractivity contribution in [3.63, 3.8) is 0 Å². The van der Waals surface area contributed by atoms with E-state index in [2.05, 4.69) is 32.9 Å². The van der Waals surface area contributed by atoms with Crippen LogP contribution in [0.5, 0.6) is 0 Å². The number of aromatic nitrogens is 1. The Morgan fingerprint density at radius 3 is 2.95 bits per heavy atom. The van der Waals surface area contributed by atoms with Crippen molar-refractivity contribution in [2.24, 2.45) is 0 Å². The van der Waals surface area contributed by atoms with Crippen molar-refractivity contribution in [2.75, 3.05) is 6.73 Å². The molecule has 1 amide bonds. The summed E-state index contributed by atoms with van der Waals surface area (Å²) in [5, 5.41) is 3.38. The highest BCUT2D eigenvalue weighted by atomic mass is 127. The van der Waals surface area contributed by atoms with Gasteiger partial charge in [0.25, 0.3) is 0 Å². The third kappa shape index (κ3) is 5.01. The zero-order chi connectivity index (χ0) is 15.2. The zero-order valence-electron chi connectivity index (χ0n) is 11.4. The number of ether oxygens (including phenoxy) is 2. The number of alkyl halides is 1. The molecule has 0 spiro atoms. The van der Waals surface area contributed by atoms with Crippen LogP contribution in [-0.2, 0) is 16.1 Å². The van der Waals surface area contributed by atoms with Crippen LogP contribution in [0.3, 0.4) is 0 Å². The number of benzene rings is 1. The highest BCUT2D eigenvalue weighted by Gasteiger charge is 2.04. The van der Waals surface area contributed by atoms with Crippen molar-refractivity contribution in [3.05, 3.63) is 46.2 Å². The fourth-order valence-electron chi connectivity index (χ4n) is 1.71. The van der Waals surface area contributed by atoms with Gasteiger partial charge in [0.1, 0.15) is 17.4 Å². The Hall–Kier alpha value is -1.61. The summed E-state index contributed by atoms with van der Waals surface area (Å²) in [6.45, 7) is 2.13. The molecule has 1 aromatic heterocycles. The first-order chi connectivity index (χ1) is 10.0. The minimum absolute atomic E-state index is 0.0190. The number of pyridine rings is 1. The first-order valence-electron chi connectivity index (χ1n) is 6.33. The summed E-state index contributed by atoms with van der Waals surface area (Å²) in [5.74, 6) is 0. The maximum Gasteiger partial charge on any atom is 0.409 e. The Labute approximate surface area is 135 Å². The van der Waals surface area contributed by atoms with Crippen LogP contribution in [0.4, 0.5) is 4.79 Å². The first kappa shape index (κ1) is 15.8. The highest BCUT2D eigenvalue weighted by Crippen LogP contribution is 2.13. The second-order valence-corrected chi connectivity index (χ2v) is 6.11. The summed E-state index contributed by atoms with van der Waals surface area (Å²) >= 11 is 2.09. The molecule has 2 rings (SSSR count).